The molecule has 0 aromatic carbocycles. The average molecular weight is 303 g/mol. The molecule has 0 bridgehead atoms. The molecule has 1 aromatic heterocycles. The minimum absolute atomic E-state index is 0.0256. The molecule has 112 valence electrons. The first-order valence-electron chi connectivity index (χ1n) is 6.28. The Bertz CT molecular complexity index is 536. The topological polar surface area (TPSA) is 121 Å². The van der Waals surface area contributed by atoms with E-state index in [1.165, 1.54) is 12.5 Å². The van der Waals surface area contributed by atoms with Gasteiger partial charge in [-0.2, -0.15) is 0 Å². The predicted molar refractivity (Wildman–Crippen MR) is 69.6 cm³/mol. The standard InChI is InChI=1S/C11H17N3O5S/c15-11(16)10(5-8-6-12-7-13-8)14-20(17,18)9-1-3-19-4-2-9/h6-7,9-10,14H,1-5H2,(H,12,13)(H,15,16)/t10-/m1/s1. The third kappa shape index (κ3) is 3.78. The number of aliphatic carboxylic acids is 1. The number of nitrogens with zero attached hydrogens (tertiary/aromatic N) is 1. The van der Waals surface area contributed by atoms with Crippen molar-refractivity contribution in [3.63, 3.8) is 0 Å². The van der Waals surface area contributed by atoms with Gasteiger partial charge in [0, 0.05) is 31.5 Å². The van der Waals surface area contributed by atoms with E-state index < -0.39 is 27.3 Å². The van der Waals surface area contributed by atoms with Crippen molar-refractivity contribution < 1.29 is 23.1 Å². The number of ether oxygens (including phenoxy) is 1. The van der Waals surface area contributed by atoms with Crippen LogP contribution in [0.3, 0.4) is 0 Å². The smallest absolute Gasteiger partial charge is 0.322 e. The Kier molecular flexibility index (Phi) is 4.73. The maximum absolute atomic E-state index is 12.2. The fourth-order valence-corrected chi connectivity index (χ4v) is 3.66. The van der Waals surface area contributed by atoms with Gasteiger partial charge in [-0.25, -0.2) is 18.1 Å². The average Bonchev–Trinajstić information content (AvgIpc) is 2.91. The quantitative estimate of drug-likeness (QED) is 0.651. The molecule has 0 spiro atoms. The maximum Gasteiger partial charge on any atom is 0.322 e. The van der Waals surface area contributed by atoms with Gasteiger partial charge in [-0.1, -0.05) is 0 Å². The molecule has 1 fully saturated rings. The number of carbonyl (C=O) groups is 1. The molecule has 0 saturated carbocycles. The monoisotopic (exact) mass is 303 g/mol. The van der Waals surface area contributed by atoms with Crippen LogP contribution in [0.1, 0.15) is 18.5 Å². The van der Waals surface area contributed by atoms with Crippen LogP contribution in [-0.4, -0.2) is 54.0 Å². The number of sulfonamides is 1. The van der Waals surface area contributed by atoms with Crippen LogP contribution < -0.4 is 4.72 Å². The van der Waals surface area contributed by atoms with Gasteiger partial charge < -0.3 is 14.8 Å². The lowest BCUT2D eigenvalue weighted by Crippen LogP contribution is -2.47. The summed E-state index contributed by atoms with van der Waals surface area (Å²) < 4.78 is 31.7. The van der Waals surface area contributed by atoms with Gasteiger partial charge in [-0.3, -0.25) is 4.79 Å². The summed E-state index contributed by atoms with van der Waals surface area (Å²) in [6.45, 7) is 0.758. The molecule has 0 radical (unpaired) electrons. The third-order valence-electron chi connectivity index (χ3n) is 3.19. The van der Waals surface area contributed by atoms with Crippen LogP contribution in [0.2, 0.25) is 0 Å². The molecule has 20 heavy (non-hydrogen) atoms. The van der Waals surface area contributed by atoms with Crippen LogP contribution >= 0.6 is 0 Å². The van der Waals surface area contributed by atoms with Crippen LogP contribution in [0.25, 0.3) is 0 Å². The summed E-state index contributed by atoms with van der Waals surface area (Å²) >= 11 is 0. The first-order valence-corrected chi connectivity index (χ1v) is 7.82. The van der Waals surface area contributed by atoms with E-state index in [0.717, 1.165) is 0 Å². The molecule has 0 unspecified atom stereocenters. The van der Waals surface area contributed by atoms with Gasteiger partial charge in [-0.15, -0.1) is 0 Å². The number of rotatable bonds is 6. The van der Waals surface area contributed by atoms with Gasteiger partial charge in [-0.05, 0) is 12.8 Å². The van der Waals surface area contributed by atoms with E-state index in [4.69, 9.17) is 9.84 Å². The summed E-state index contributed by atoms with van der Waals surface area (Å²) in [6.07, 6.45) is 3.68. The zero-order valence-electron chi connectivity index (χ0n) is 10.8. The summed E-state index contributed by atoms with van der Waals surface area (Å²) in [4.78, 5) is 17.7. The Hall–Kier alpha value is -1.45. The van der Waals surface area contributed by atoms with Crippen LogP contribution in [-0.2, 0) is 26.0 Å². The lowest BCUT2D eigenvalue weighted by Gasteiger charge is -2.24. The molecule has 0 aliphatic carbocycles. The van der Waals surface area contributed by atoms with Gasteiger partial charge in [0.05, 0.1) is 11.6 Å². The minimum Gasteiger partial charge on any atom is -0.480 e. The van der Waals surface area contributed by atoms with Crippen LogP contribution in [0, 0.1) is 0 Å². The normalized spacial score (nSPS) is 18.8. The van der Waals surface area contributed by atoms with Gasteiger partial charge >= 0.3 is 5.97 Å². The molecule has 2 heterocycles. The number of aromatic nitrogens is 2. The largest absolute Gasteiger partial charge is 0.480 e. The van der Waals surface area contributed by atoms with Crippen LogP contribution in [0.4, 0.5) is 0 Å². The molecule has 1 aromatic rings. The molecule has 2 rings (SSSR count). The van der Waals surface area contributed by atoms with E-state index in [-0.39, 0.29) is 6.42 Å². The van der Waals surface area contributed by atoms with Crippen molar-refractivity contribution in [2.45, 2.75) is 30.6 Å². The lowest BCUT2D eigenvalue weighted by molar-refractivity contribution is -0.138. The zero-order chi connectivity index (χ0) is 14.6. The number of hydrogen-bond donors (Lipinski definition) is 3. The third-order valence-corrected chi connectivity index (χ3v) is 5.15. The molecule has 8 nitrogen and oxygen atoms in total. The highest BCUT2D eigenvalue weighted by atomic mass is 32.2. The van der Waals surface area contributed by atoms with Crippen LogP contribution in [0.15, 0.2) is 12.5 Å². The highest BCUT2D eigenvalue weighted by Crippen LogP contribution is 2.15. The second-order valence-corrected chi connectivity index (χ2v) is 6.64. The van der Waals surface area contributed by atoms with E-state index in [2.05, 4.69) is 14.7 Å². The number of nitrogens with one attached hydrogen (secondary N) is 2. The van der Waals surface area contributed by atoms with Crippen molar-refractivity contribution in [2.24, 2.45) is 0 Å². The molecule has 9 heteroatoms. The summed E-state index contributed by atoms with van der Waals surface area (Å²) in [5.41, 5.74) is 0.562. The van der Waals surface area contributed by atoms with E-state index in [0.29, 0.717) is 31.7 Å². The van der Waals surface area contributed by atoms with Crippen LogP contribution in [0.5, 0.6) is 0 Å². The minimum atomic E-state index is -3.68. The van der Waals surface area contributed by atoms with Gasteiger partial charge in [0.2, 0.25) is 10.0 Å². The molecular formula is C11H17N3O5S. The molecule has 1 aliphatic rings. The maximum atomic E-state index is 12.2. The van der Waals surface area contributed by atoms with E-state index in [1.807, 2.05) is 0 Å². The fraction of sp³-hybridized carbons (Fsp3) is 0.636. The van der Waals surface area contributed by atoms with Gasteiger partial charge in [0.15, 0.2) is 0 Å². The number of carboxylic acids is 1. The Balaban J connectivity index is 2.05. The summed E-state index contributed by atoms with van der Waals surface area (Å²) in [5.74, 6) is -1.21. The van der Waals surface area contributed by atoms with Crippen molar-refractivity contribution in [3.8, 4) is 0 Å². The SMILES string of the molecule is O=C(O)[C@@H](Cc1cnc[nH]1)NS(=O)(=O)C1CCOCC1. The number of imidazole rings is 1. The molecular weight excluding hydrogens is 286 g/mol. The van der Waals surface area contributed by atoms with Crippen molar-refractivity contribution in [3.05, 3.63) is 18.2 Å². The Morgan fingerprint density at radius 2 is 2.25 bits per heavy atom. The molecule has 0 amide bonds. The van der Waals surface area contributed by atoms with E-state index in [1.54, 1.807) is 0 Å². The fourth-order valence-electron chi connectivity index (χ4n) is 2.08. The summed E-state index contributed by atoms with van der Waals surface area (Å²) in [6, 6.07) is -1.21. The lowest BCUT2D eigenvalue weighted by atomic mass is 10.2. The molecule has 3 N–H and O–H groups in total. The summed E-state index contributed by atoms with van der Waals surface area (Å²) in [5, 5.41) is 8.55. The van der Waals surface area contributed by atoms with Gasteiger partial charge in [0.25, 0.3) is 0 Å². The first-order chi connectivity index (χ1) is 9.49. The second kappa shape index (κ2) is 6.33. The number of carboxylic acid groups (broad SMARTS) is 1. The van der Waals surface area contributed by atoms with Crippen molar-refractivity contribution in [2.75, 3.05) is 13.2 Å². The highest BCUT2D eigenvalue weighted by molar-refractivity contribution is 7.90. The van der Waals surface area contributed by atoms with E-state index >= 15 is 0 Å². The van der Waals surface area contributed by atoms with Crippen molar-refractivity contribution in [1.82, 2.24) is 14.7 Å². The highest BCUT2D eigenvalue weighted by Gasteiger charge is 2.32. The first kappa shape index (κ1) is 14.9. The second-order valence-electron chi connectivity index (χ2n) is 4.65. The Morgan fingerprint density at radius 1 is 1.55 bits per heavy atom. The number of H-pyrrole nitrogens is 1. The van der Waals surface area contributed by atoms with Gasteiger partial charge in [0.1, 0.15) is 6.04 Å². The van der Waals surface area contributed by atoms with E-state index in [9.17, 15) is 13.2 Å². The number of hydrogen-bond acceptors (Lipinski definition) is 5. The van der Waals surface area contributed by atoms with Crippen molar-refractivity contribution >= 4 is 16.0 Å². The molecule has 1 atom stereocenters. The predicted octanol–water partition coefficient (Wildman–Crippen LogP) is -0.496. The molecule has 1 saturated heterocycles. The Morgan fingerprint density at radius 3 is 2.80 bits per heavy atom. The zero-order valence-corrected chi connectivity index (χ0v) is 11.6. The Labute approximate surface area is 116 Å². The van der Waals surface area contributed by atoms with Crippen molar-refractivity contribution in [1.29, 1.82) is 0 Å². The summed E-state index contributed by atoms with van der Waals surface area (Å²) in [7, 11) is -3.68. The molecule has 1 aliphatic heterocycles. The number of aromatic amines is 1.